The topological polar surface area (TPSA) is 111 Å². The van der Waals surface area contributed by atoms with Gasteiger partial charge in [0.05, 0.1) is 5.56 Å². The summed E-state index contributed by atoms with van der Waals surface area (Å²) in [6.07, 6.45) is 2.88. The average Bonchev–Trinajstić information content (AvgIpc) is 2.25. The molecule has 1 rings (SSSR count). The van der Waals surface area contributed by atoms with Crippen LogP contribution in [0.1, 0.15) is 10.4 Å². The average molecular weight is 238 g/mol. The molecule has 0 aromatic carbocycles. The van der Waals surface area contributed by atoms with Crippen LogP contribution < -0.4 is 16.8 Å². The summed E-state index contributed by atoms with van der Waals surface area (Å²) in [7, 11) is 0. The fourth-order valence-corrected chi connectivity index (χ4v) is 1.17. The molecule has 1 heterocycles. The van der Waals surface area contributed by atoms with Crippen molar-refractivity contribution in [2.75, 3.05) is 0 Å². The van der Waals surface area contributed by atoms with Gasteiger partial charge in [-0.2, -0.15) is 0 Å². The number of nitrogens with one attached hydrogen (secondary N) is 1. The van der Waals surface area contributed by atoms with Gasteiger partial charge in [-0.15, -0.1) is 0 Å². The van der Waals surface area contributed by atoms with Crippen molar-refractivity contribution in [2.24, 2.45) is 11.5 Å². The molecule has 0 spiro atoms. The molecule has 0 aliphatic heterocycles. The minimum Gasteiger partial charge on any atom is -0.391 e. The predicted molar refractivity (Wildman–Crippen MR) is 61.5 cm³/mol. The van der Waals surface area contributed by atoms with Crippen LogP contribution in [0.25, 0.3) is 0 Å². The Bertz CT molecular complexity index is 407. The van der Waals surface area contributed by atoms with Gasteiger partial charge in [0, 0.05) is 12.4 Å². The lowest BCUT2D eigenvalue weighted by Crippen LogP contribution is -2.51. The highest BCUT2D eigenvalue weighted by Crippen LogP contribution is 1.96. The third-order valence-corrected chi connectivity index (χ3v) is 2.00. The summed E-state index contributed by atoms with van der Waals surface area (Å²) in [5.74, 6) is -1.31. The van der Waals surface area contributed by atoms with E-state index in [1.54, 1.807) is 12.1 Å². The maximum Gasteiger partial charge on any atom is 0.253 e. The molecule has 5 N–H and O–H groups in total. The van der Waals surface area contributed by atoms with E-state index in [4.69, 9.17) is 11.5 Å². The maximum atomic E-state index is 11.6. The Morgan fingerprint density at radius 2 is 2.12 bits per heavy atom. The second-order valence-corrected chi connectivity index (χ2v) is 3.42. The molecule has 1 aromatic rings. The van der Waals surface area contributed by atoms with Gasteiger partial charge < -0.3 is 16.8 Å². The zero-order chi connectivity index (χ0) is 12.1. The minimum absolute atomic E-state index is 0.176. The summed E-state index contributed by atoms with van der Waals surface area (Å²) in [4.78, 5) is 26.1. The molecule has 2 amide bonds. The Labute approximate surface area is 97.0 Å². The molecule has 0 bridgehead atoms. The Hall–Kier alpha value is -2.02. The third kappa shape index (κ3) is 2.99. The van der Waals surface area contributed by atoms with Crippen molar-refractivity contribution < 1.29 is 9.59 Å². The van der Waals surface area contributed by atoms with Crippen LogP contribution in [0, 0.1) is 0 Å². The summed E-state index contributed by atoms with van der Waals surface area (Å²) in [5, 5.41) is 2.31. The standard InChI is InChI=1S/C9H10N4O2S/c10-7(14)6(8(11)16)13-9(15)5-2-1-3-12-4-5/h1-4,6H,(H2,10,14)(H2,11,16)(H,13,15)/t6-/m0/s1. The van der Waals surface area contributed by atoms with Gasteiger partial charge in [-0.1, -0.05) is 12.2 Å². The molecule has 0 aliphatic rings. The van der Waals surface area contributed by atoms with E-state index < -0.39 is 17.9 Å². The van der Waals surface area contributed by atoms with Gasteiger partial charge in [0.15, 0.2) is 6.04 Å². The van der Waals surface area contributed by atoms with Crippen LogP contribution in [-0.2, 0) is 4.79 Å². The van der Waals surface area contributed by atoms with Crippen LogP contribution in [0.4, 0.5) is 0 Å². The van der Waals surface area contributed by atoms with Crippen LogP contribution >= 0.6 is 12.2 Å². The van der Waals surface area contributed by atoms with Gasteiger partial charge in [-0.3, -0.25) is 14.6 Å². The normalized spacial score (nSPS) is 11.5. The number of carbonyl (C=O) groups excluding carboxylic acids is 2. The Balaban J connectivity index is 2.77. The van der Waals surface area contributed by atoms with Gasteiger partial charge in [0.1, 0.15) is 4.99 Å². The van der Waals surface area contributed by atoms with Crippen LogP contribution in [0.2, 0.25) is 0 Å². The first kappa shape index (κ1) is 12.1. The first-order chi connectivity index (χ1) is 7.52. The Kier molecular flexibility index (Phi) is 3.90. The lowest BCUT2D eigenvalue weighted by molar-refractivity contribution is -0.118. The number of amides is 2. The van der Waals surface area contributed by atoms with E-state index in [0.717, 1.165) is 0 Å². The zero-order valence-corrected chi connectivity index (χ0v) is 9.03. The number of nitrogens with two attached hydrogens (primary N) is 2. The number of nitrogens with zero attached hydrogens (tertiary/aromatic N) is 1. The van der Waals surface area contributed by atoms with E-state index in [0.29, 0.717) is 5.56 Å². The SMILES string of the molecule is NC(=O)[C@H](NC(=O)c1cccnc1)C(N)=S. The molecular formula is C9H10N4O2S. The van der Waals surface area contributed by atoms with Crippen LogP contribution in [0.5, 0.6) is 0 Å². The number of thiocarbonyl (C=S) groups is 1. The van der Waals surface area contributed by atoms with E-state index in [2.05, 4.69) is 22.5 Å². The van der Waals surface area contributed by atoms with Crippen molar-refractivity contribution in [1.29, 1.82) is 0 Å². The van der Waals surface area contributed by atoms with Crippen LogP contribution in [0.15, 0.2) is 24.5 Å². The lowest BCUT2D eigenvalue weighted by atomic mass is 10.2. The van der Waals surface area contributed by atoms with Crippen LogP contribution in [0.3, 0.4) is 0 Å². The molecule has 16 heavy (non-hydrogen) atoms. The van der Waals surface area contributed by atoms with Gasteiger partial charge in [0.25, 0.3) is 5.91 Å². The van der Waals surface area contributed by atoms with Crippen molar-refractivity contribution in [3.63, 3.8) is 0 Å². The molecule has 0 saturated heterocycles. The first-order valence-electron chi connectivity index (χ1n) is 4.32. The Morgan fingerprint density at radius 3 is 2.56 bits per heavy atom. The monoisotopic (exact) mass is 238 g/mol. The molecule has 0 aliphatic carbocycles. The number of carbonyl (C=O) groups is 2. The van der Waals surface area contributed by atoms with E-state index in [-0.39, 0.29) is 4.99 Å². The van der Waals surface area contributed by atoms with Gasteiger partial charge in [-0.05, 0) is 12.1 Å². The minimum atomic E-state index is -1.15. The second kappa shape index (κ2) is 5.17. The molecular weight excluding hydrogens is 228 g/mol. The van der Waals surface area contributed by atoms with Crippen molar-refractivity contribution in [3.8, 4) is 0 Å². The predicted octanol–water partition coefficient (Wildman–Crippen LogP) is -1.05. The number of hydrogen-bond donors (Lipinski definition) is 3. The quantitative estimate of drug-likeness (QED) is 0.580. The second-order valence-electron chi connectivity index (χ2n) is 2.95. The first-order valence-corrected chi connectivity index (χ1v) is 4.72. The molecule has 1 aromatic heterocycles. The van der Waals surface area contributed by atoms with Crippen molar-refractivity contribution >= 4 is 29.0 Å². The molecule has 1 atom stereocenters. The molecule has 84 valence electrons. The van der Waals surface area contributed by atoms with E-state index in [1.165, 1.54) is 12.4 Å². The maximum absolute atomic E-state index is 11.6. The number of aromatic nitrogens is 1. The highest BCUT2D eigenvalue weighted by molar-refractivity contribution is 7.80. The van der Waals surface area contributed by atoms with E-state index in [9.17, 15) is 9.59 Å². The molecule has 0 unspecified atom stereocenters. The number of primary amides is 1. The van der Waals surface area contributed by atoms with Crippen molar-refractivity contribution in [2.45, 2.75) is 6.04 Å². The van der Waals surface area contributed by atoms with Crippen LogP contribution in [-0.4, -0.2) is 27.8 Å². The summed E-state index contributed by atoms with van der Waals surface area (Å²) in [5.41, 5.74) is 10.6. The van der Waals surface area contributed by atoms with Gasteiger partial charge >= 0.3 is 0 Å². The zero-order valence-electron chi connectivity index (χ0n) is 8.21. The van der Waals surface area contributed by atoms with Gasteiger partial charge in [0.2, 0.25) is 5.91 Å². The molecule has 0 saturated carbocycles. The molecule has 0 radical (unpaired) electrons. The smallest absolute Gasteiger partial charge is 0.253 e. The van der Waals surface area contributed by atoms with E-state index in [1.807, 2.05) is 0 Å². The summed E-state index contributed by atoms with van der Waals surface area (Å²) in [6.45, 7) is 0. The largest absolute Gasteiger partial charge is 0.391 e. The highest BCUT2D eigenvalue weighted by Gasteiger charge is 2.21. The summed E-state index contributed by atoms with van der Waals surface area (Å²) >= 11 is 4.61. The third-order valence-electron chi connectivity index (χ3n) is 1.77. The molecule has 0 fully saturated rings. The Morgan fingerprint density at radius 1 is 1.44 bits per heavy atom. The van der Waals surface area contributed by atoms with Crippen molar-refractivity contribution in [1.82, 2.24) is 10.3 Å². The molecule has 6 nitrogen and oxygen atoms in total. The number of hydrogen-bond acceptors (Lipinski definition) is 4. The number of pyridine rings is 1. The fraction of sp³-hybridized carbons (Fsp3) is 0.111. The molecule has 7 heteroatoms. The van der Waals surface area contributed by atoms with E-state index >= 15 is 0 Å². The lowest BCUT2D eigenvalue weighted by Gasteiger charge is -2.13. The van der Waals surface area contributed by atoms with Crippen molar-refractivity contribution in [3.05, 3.63) is 30.1 Å². The highest BCUT2D eigenvalue weighted by atomic mass is 32.1. The summed E-state index contributed by atoms with van der Waals surface area (Å²) < 4.78 is 0. The summed E-state index contributed by atoms with van der Waals surface area (Å²) in [6, 6.07) is 1.98. The number of rotatable bonds is 4. The van der Waals surface area contributed by atoms with Gasteiger partial charge in [-0.25, -0.2) is 0 Å². The fourth-order valence-electron chi connectivity index (χ4n) is 0.994.